The minimum atomic E-state index is -0.385. The summed E-state index contributed by atoms with van der Waals surface area (Å²) in [5, 5.41) is 10.3. The summed E-state index contributed by atoms with van der Waals surface area (Å²) in [6.07, 6.45) is 0. The van der Waals surface area contributed by atoms with Crippen molar-refractivity contribution in [3.63, 3.8) is 0 Å². The van der Waals surface area contributed by atoms with Crippen LogP contribution in [0, 0.1) is 10.1 Å². The number of methoxy groups -OCH3 is 1. The normalized spacial score (nSPS) is 9.69. The molecule has 0 heterocycles. The number of halogens is 1. The summed E-state index contributed by atoms with van der Waals surface area (Å²) in [7, 11) is 1.49. The zero-order valence-corrected chi connectivity index (χ0v) is 8.58. The number of nitro groups is 1. The Morgan fingerprint density at radius 2 is 2.31 bits per heavy atom. The minimum absolute atomic E-state index is 0.220. The molecule has 0 N–H and O–H groups in total. The average Bonchev–Trinajstić information content (AvgIpc) is 2.03. The zero-order chi connectivity index (χ0) is 9.84. The number of hydrogen-bond donors (Lipinski definition) is 0. The molecule has 0 aliphatic rings. The van der Waals surface area contributed by atoms with Gasteiger partial charge in [0.05, 0.1) is 12.7 Å². The van der Waals surface area contributed by atoms with Gasteiger partial charge < -0.3 is 4.74 Å². The van der Waals surface area contributed by atoms with Crippen molar-refractivity contribution in [2.75, 3.05) is 7.11 Å². The van der Waals surface area contributed by atoms with E-state index in [4.69, 9.17) is 4.74 Å². The van der Waals surface area contributed by atoms with Crippen molar-refractivity contribution in [2.24, 2.45) is 0 Å². The molecule has 0 saturated carbocycles. The van der Waals surface area contributed by atoms with E-state index in [1.165, 1.54) is 7.11 Å². The Kier molecular flexibility index (Phi) is 3.25. The molecule has 0 saturated heterocycles. The van der Waals surface area contributed by atoms with Crippen molar-refractivity contribution in [1.29, 1.82) is 0 Å². The van der Waals surface area contributed by atoms with Crippen LogP contribution in [0.4, 0.5) is 0 Å². The minimum Gasteiger partial charge on any atom is -0.496 e. The second kappa shape index (κ2) is 4.23. The molecule has 0 radical (unpaired) electrons. The maximum Gasteiger partial charge on any atom is 0.232 e. The summed E-state index contributed by atoms with van der Waals surface area (Å²) in [6.45, 7) is -0.220. The highest BCUT2D eigenvalue weighted by molar-refractivity contribution is 9.10. The molecule has 0 aliphatic carbocycles. The van der Waals surface area contributed by atoms with E-state index in [9.17, 15) is 10.1 Å². The standard InChI is InChI=1S/C8H8BrNO3/c1-13-8-3-2-7(9)4-6(8)5-10(11)12/h2-4H,5H2,1H3. The lowest BCUT2D eigenvalue weighted by atomic mass is 10.2. The molecule has 0 aromatic heterocycles. The molecular formula is C8H8BrNO3. The molecule has 0 aliphatic heterocycles. The van der Waals surface area contributed by atoms with Gasteiger partial charge in [-0.2, -0.15) is 0 Å². The topological polar surface area (TPSA) is 52.4 Å². The molecule has 0 amide bonds. The first-order valence-electron chi connectivity index (χ1n) is 3.57. The van der Waals surface area contributed by atoms with Crippen molar-refractivity contribution in [1.82, 2.24) is 0 Å². The molecule has 0 bridgehead atoms. The summed E-state index contributed by atoms with van der Waals surface area (Å²) in [5.41, 5.74) is 0.571. The Balaban J connectivity index is 3.01. The SMILES string of the molecule is COc1ccc(Br)cc1C[N+](=O)[O-]. The van der Waals surface area contributed by atoms with Crippen molar-refractivity contribution >= 4 is 15.9 Å². The maximum absolute atomic E-state index is 10.3. The third kappa shape index (κ3) is 2.69. The van der Waals surface area contributed by atoms with Gasteiger partial charge in [0.15, 0.2) is 0 Å². The van der Waals surface area contributed by atoms with E-state index in [0.29, 0.717) is 11.3 Å². The van der Waals surface area contributed by atoms with Gasteiger partial charge in [0.2, 0.25) is 6.54 Å². The van der Waals surface area contributed by atoms with Crippen LogP contribution in [0.1, 0.15) is 5.56 Å². The van der Waals surface area contributed by atoms with Gasteiger partial charge >= 0.3 is 0 Å². The van der Waals surface area contributed by atoms with Gasteiger partial charge in [0, 0.05) is 9.40 Å². The van der Waals surface area contributed by atoms with Gasteiger partial charge in [-0.15, -0.1) is 0 Å². The summed E-state index contributed by atoms with van der Waals surface area (Å²) in [4.78, 5) is 9.90. The highest BCUT2D eigenvalue weighted by Gasteiger charge is 2.08. The molecule has 13 heavy (non-hydrogen) atoms. The maximum atomic E-state index is 10.3. The quantitative estimate of drug-likeness (QED) is 0.607. The largest absolute Gasteiger partial charge is 0.496 e. The molecule has 0 atom stereocenters. The molecule has 0 spiro atoms. The van der Waals surface area contributed by atoms with E-state index < -0.39 is 0 Å². The molecule has 0 unspecified atom stereocenters. The number of rotatable bonds is 3. The summed E-state index contributed by atoms with van der Waals surface area (Å²) >= 11 is 3.24. The van der Waals surface area contributed by atoms with E-state index >= 15 is 0 Å². The van der Waals surface area contributed by atoms with Gasteiger partial charge in [0.1, 0.15) is 5.75 Å². The van der Waals surface area contributed by atoms with Gasteiger partial charge in [-0.3, -0.25) is 10.1 Å². The summed E-state index contributed by atoms with van der Waals surface area (Å²) < 4.78 is 5.79. The fourth-order valence-electron chi connectivity index (χ4n) is 1.01. The molecular weight excluding hydrogens is 238 g/mol. The van der Waals surface area contributed by atoms with Crippen molar-refractivity contribution in [2.45, 2.75) is 6.54 Å². The summed E-state index contributed by atoms with van der Waals surface area (Å²) in [6, 6.07) is 5.16. The Bertz CT molecular complexity index is 327. The second-order valence-electron chi connectivity index (χ2n) is 2.45. The lowest BCUT2D eigenvalue weighted by Crippen LogP contribution is -2.00. The van der Waals surface area contributed by atoms with Crippen molar-refractivity contribution in [3.8, 4) is 5.75 Å². The highest BCUT2D eigenvalue weighted by Crippen LogP contribution is 2.23. The highest BCUT2D eigenvalue weighted by atomic mass is 79.9. The summed E-state index contributed by atoms with van der Waals surface area (Å²) in [5.74, 6) is 0.542. The molecule has 1 aromatic carbocycles. The number of hydrogen-bond acceptors (Lipinski definition) is 3. The Morgan fingerprint density at radius 1 is 1.62 bits per heavy atom. The van der Waals surface area contributed by atoms with Crippen molar-refractivity contribution < 1.29 is 9.66 Å². The van der Waals surface area contributed by atoms with Crippen LogP contribution in [-0.2, 0) is 6.54 Å². The fraction of sp³-hybridized carbons (Fsp3) is 0.250. The first-order valence-corrected chi connectivity index (χ1v) is 4.37. The second-order valence-corrected chi connectivity index (χ2v) is 3.36. The van der Waals surface area contributed by atoms with Crippen LogP contribution in [0.2, 0.25) is 0 Å². The number of ether oxygens (including phenoxy) is 1. The first kappa shape index (κ1) is 9.98. The molecule has 0 fully saturated rings. The average molecular weight is 246 g/mol. The van der Waals surface area contributed by atoms with Crippen LogP contribution in [0.5, 0.6) is 5.75 Å². The van der Waals surface area contributed by atoms with Crippen LogP contribution >= 0.6 is 15.9 Å². The predicted molar refractivity (Wildman–Crippen MR) is 51.4 cm³/mol. The van der Waals surface area contributed by atoms with Crippen LogP contribution in [-0.4, -0.2) is 12.0 Å². The molecule has 70 valence electrons. The molecule has 1 rings (SSSR count). The Hall–Kier alpha value is -1.10. The van der Waals surface area contributed by atoms with Crippen molar-refractivity contribution in [3.05, 3.63) is 38.3 Å². The van der Waals surface area contributed by atoms with Gasteiger partial charge in [-0.25, -0.2) is 0 Å². The van der Waals surface area contributed by atoms with E-state index in [1.807, 2.05) is 0 Å². The van der Waals surface area contributed by atoms with Crippen LogP contribution < -0.4 is 4.74 Å². The monoisotopic (exact) mass is 245 g/mol. The zero-order valence-electron chi connectivity index (χ0n) is 6.99. The lowest BCUT2D eigenvalue weighted by molar-refractivity contribution is -0.496. The van der Waals surface area contributed by atoms with E-state index in [0.717, 1.165) is 4.47 Å². The van der Waals surface area contributed by atoms with Crippen LogP contribution in [0.3, 0.4) is 0 Å². The van der Waals surface area contributed by atoms with Gasteiger partial charge in [-0.1, -0.05) is 15.9 Å². The Labute approximate surface area is 83.8 Å². The predicted octanol–water partition coefficient (Wildman–Crippen LogP) is 2.23. The molecule has 1 aromatic rings. The third-order valence-electron chi connectivity index (χ3n) is 1.54. The first-order chi connectivity index (χ1) is 6.13. The van der Waals surface area contributed by atoms with E-state index in [1.54, 1.807) is 18.2 Å². The van der Waals surface area contributed by atoms with E-state index in [-0.39, 0.29) is 11.5 Å². The molecule has 5 heteroatoms. The fourth-order valence-corrected chi connectivity index (χ4v) is 1.42. The number of benzene rings is 1. The van der Waals surface area contributed by atoms with Gasteiger partial charge in [-0.05, 0) is 18.2 Å². The molecule has 4 nitrogen and oxygen atoms in total. The lowest BCUT2D eigenvalue weighted by Gasteiger charge is -2.04. The smallest absolute Gasteiger partial charge is 0.232 e. The number of nitrogens with zero attached hydrogens (tertiary/aromatic N) is 1. The van der Waals surface area contributed by atoms with Crippen LogP contribution in [0.15, 0.2) is 22.7 Å². The van der Waals surface area contributed by atoms with E-state index in [2.05, 4.69) is 15.9 Å². The Morgan fingerprint density at radius 3 is 2.85 bits per heavy atom. The third-order valence-corrected chi connectivity index (χ3v) is 2.04. The van der Waals surface area contributed by atoms with Crippen LogP contribution in [0.25, 0.3) is 0 Å². The van der Waals surface area contributed by atoms with Gasteiger partial charge in [0.25, 0.3) is 0 Å².